The zero-order valence-electron chi connectivity index (χ0n) is 11.0. The third-order valence-corrected chi connectivity index (χ3v) is 2.54. The second-order valence-corrected chi connectivity index (χ2v) is 4.38. The first-order chi connectivity index (χ1) is 9.94. The van der Waals surface area contributed by atoms with Crippen molar-refractivity contribution in [2.45, 2.75) is 12.4 Å². The lowest BCUT2D eigenvalue weighted by Gasteiger charge is -2.26. The summed E-state index contributed by atoms with van der Waals surface area (Å²) in [7, 11) is 0. The van der Waals surface area contributed by atoms with Crippen LogP contribution in [0.5, 0.6) is 0 Å². The Labute approximate surface area is 121 Å². The summed E-state index contributed by atoms with van der Waals surface area (Å²) in [5.74, 6) is -0.637. The number of nitriles is 1. The number of aliphatic hydroxyl groups excluding tert-OH is 1. The fourth-order valence-corrected chi connectivity index (χ4v) is 1.74. The van der Waals surface area contributed by atoms with E-state index in [9.17, 15) is 26.3 Å². The Morgan fingerprint density at radius 2 is 1.82 bits per heavy atom. The minimum absolute atomic E-state index is 0.432. The molecule has 1 aromatic rings. The molecule has 0 unspecified atom stereocenters. The number of nitrogens with zero attached hydrogens (tertiary/aromatic N) is 2. The number of anilines is 1. The predicted octanol–water partition coefficient (Wildman–Crippen LogP) is 4.02. The average Bonchev–Trinajstić information content (AvgIpc) is 2.34. The largest absolute Gasteiger partial charge is 0.511 e. The van der Waals surface area contributed by atoms with Crippen molar-refractivity contribution in [2.75, 3.05) is 18.0 Å². The maximum absolute atomic E-state index is 12.8. The molecule has 0 aromatic heterocycles. The molecule has 0 aliphatic rings. The lowest BCUT2D eigenvalue weighted by molar-refractivity contribution is -0.137. The van der Waals surface area contributed by atoms with Crippen molar-refractivity contribution in [3.8, 4) is 6.07 Å². The summed E-state index contributed by atoms with van der Waals surface area (Å²) in [5, 5.41) is 17.7. The summed E-state index contributed by atoms with van der Waals surface area (Å²) in [6.07, 6.45) is -9.58. The number of aliphatic hydroxyl groups is 1. The van der Waals surface area contributed by atoms with Gasteiger partial charge in [-0.05, 0) is 18.2 Å². The zero-order valence-corrected chi connectivity index (χ0v) is 11.0. The van der Waals surface area contributed by atoms with E-state index in [1.165, 1.54) is 6.07 Å². The smallest absolute Gasteiger partial charge is 0.417 e. The van der Waals surface area contributed by atoms with Crippen LogP contribution in [0.15, 0.2) is 30.5 Å². The molecule has 0 amide bonds. The summed E-state index contributed by atoms with van der Waals surface area (Å²) in [6.45, 7) is 0.762. The zero-order chi connectivity index (χ0) is 17.1. The highest BCUT2D eigenvalue weighted by atomic mass is 19.4. The van der Waals surface area contributed by atoms with Crippen LogP contribution in [-0.2, 0) is 6.18 Å². The Morgan fingerprint density at radius 3 is 2.23 bits per heavy atom. The first-order valence-electron chi connectivity index (χ1n) is 5.74. The van der Waals surface area contributed by atoms with Gasteiger partial charge in [0.05, 0.1) is 23.7 Å². The molecule has 0 bridgehead atoms. The molecule has 0 fully saturated rings. The van der Waals surface area contributed by atoms with Gasteiger partial charge in [-0.3, -0.25) is 0 Å². The van der Waals surface area contributed by atoms with Crippen LogP contribution in [0.4, 0.5) is 32.0 Å². The molecule has 22 heavy (non-hydrogen) atoms. The molecule has 0 heterocycles. The Kier molecular flexibility index (Phi) is 4.96. The highest BCUT2D eigenvalue weighted by Crippen LogP contribution is 2.35. The molecule has 0 spiro atoms. The lowest BCUT2D eigenvalue weighted by Crippen LogP contribution is -2.35. The van der Waals surface area contributed by atoms with Gasteiger partial charge in [0, 0.05) is 5.69 Å². The van der Waals surface area contributed by atoms with Gasteiger partial charge in [0.25, 0.3) is 0 Å². The molecule has 1 N–H and O–H groups in total. The van der Waals surface area contributed by atoms with Gasteiger partial charge in [0.15, 0.2) is 0 Å². The number of hydrogen-bond donors (Lipinski definition) is 1. The predicted molar refractivity (Wildman–Crippen MR) is 66.2 cm³/mol. The van der Waals surface area contributed by atoms with E-state index < -0.39 is 48.0 Å². The molecule has 0 aliphatic carbocycles. The third kappa shape index (κ3) is 4.87. The molecule has 9 heteroatoms. The van der Waals surface area contributed by atoms with Gasteiger partial charge in [-0.25, -0.2) is 0 Å². The summed E-state index contributed by atoms with van der Waals surface area (Å²) >= 11 is 0. The van der Waals surface area contributed by atoms with E-state index in [-0.39, 0.29) is 0 Å². The van der Waals surface area contributed by atoms with E-state index in [1.54, 1.807) is 0 Å². The van der Waals surface area contributed by atoms with E-state index in [0.29, 0.717) is 11.0 Å². The van der Waals surface area contributed by atoms with Gasteiger partial charge < -0.3 is 10.0 Å². The first-order valence-corrected chi connectivity index (χ1v) is 5.74. The number of rotatable bonds is 4. The maximum atomic E-state index is 12.8. The normalized spacial score (nSPS) is 11.9. The maximum Gasteiger partial charge on any atom is 0.417 e. The Balaban J connectivity index is 3.31. The van der Waals surface area contributed by atoms with E-state index >= 15 is 0 Å². The summed E-state index contributed by atoms with van der Waals surface area (Å²) in [6, 6.07) is 3.49. The van der Waals surface area contributed by atoms with Crippen LogP contribution < -0.4 is 4.90 Å². The van der Waals surface area contributed by atoms with Crippen LogP contribution in [-0.4, -0.2) is 24.4 Å². The van der Waals surface area contributed by atoms with Crippen molar-refractivity contribution in [2.24, 2.45) is 0 Å². The van der Waals surface area contributed by atoms with Gasteiger partial charge >= 0.3 is 12.4 Å². The molecular formula is C13H10F6N2O. The SMILES string of the molecule is C=C(O)CN(CC(F)(F)F)c1ccc(C#N)c(C(F)(F)F)c1. The van der Waals surface area contributed by atoms with Gasteiger partial charge in [0.1, 0.15) is 12.3 Å². The van der Waals surface area contributed by atoms with E-state index in [2.05, 4.69) is 6.58 Å². The summed E-state index contributed by atoms with van der Waals surface area (Å²) < 4.78 is 75.9. The van der Waals surface area contributed by atoms with Crippen molar-refractivity contribution in [3.63, 3.8) is 0 Å². The highest BCUT2D eigenvalue weighted by Gasteiger charge is 2.36. The molecular weight excluding hydrogens is 314 g/mol. The standard InChI is InChI=1S/C13H10F6N2O/c1-8(22)6-21(7-12(14,15)16)10-3-2-9(5-20)11(4-10)13(17,18)19/h2-4,22H,1,6-7H2. The Morgan fingerprint density at radius 1 is 1.23 bits per heavy atom. The van der Waals surface area contributed by atoms with Crippen molar-refractivity contribution in [1.29, 1.82) is 5.26 Å². The van der Waals surface area contributed by atoms with Crippen molar-refractivity contribution in [3.05, 3.63) is 41.7 Å². The fraction of sp³-hybridized carbons (Fsp3) is 0.308. The monoisotopic (exact) mass is 324 g/mol. The molecule has 120 valence electrons. The molecule has 0 atom stereocenters. The summed E-state index contributed by atoms with van der Waals surface area (Å²) in [4.78, 5) is 0.485. The van der Waals surface area contributed by atoms with Crippen LogP contribution in [0.25, 0.3) is 0 Å². The molecule has 0 saturated heterocycles. The van der Waals surface area contributed by atoms with E-state index in [0.717, 1.165) is 12.1 Å². The first kappa shape index (κ1) is 17.7. The highest BCUT2D eigenvalue weighted by molar-refractivity contribution is 5.55. The average molecular weight is 324 g/mol. The fourth-order valence-electron chi connectivity index (χ4n) is 1.74. The quantitative estimate of drug-likeness (QED) is 0.672. The van der Waals surface area contributed by atoms with Gasteiger partial charge in [-0.15, -0.1) is 0 Å². The van der Waals surface area contributed by atoms with Gasteiger partial charge in [0.2, 0.25) is 0 Å². The molecule has 3 nitrogen and oxygen atoms in total. The minimum Gasteiger partial charge on any atom is -0.511 e. The topological polar surface area (TPSA) is 47.3 Å². The van der Waals surface area contributed by atoms with E-state index in [4.69, 9.17) is 10.4 Å². The van der Waals surface area contributed by atoms with E-state index in [1.807, 2.05) is 0 Å². The Hall–Kier alpha value is -2.37. The molecule has 0 saturated carbocycles. The van der Waals surface area contributed by atoms with Crippen molar-refractivity contribution in [1.82, 2.24) is 0 Å². The van der Waals surface area contributed by atoms with Crippen molar-refractivity contribution >= 4 is 5.69 Å². The number of halogens is 6. The lowest BCUT2D eigenvalue weighted by atomic mass is 10.1. The van der Waals surface area contributed by atoms with Crippen LogP contribution in [0.3, 0.4) is 0 Å². The number of alkyl halides is 6. The number of benzene rings is 1. The Bertz CT molecular complexity index is 600. The van der Waals surface area contributed by atoms with Crippen LogP contribution in [0.2, 0.25) is 0 Å². The molecule has 1 rings (SSSR count). The minimum atomic E-state index is -4.89. The second-order valence-electron chi connectivity index (χ2n) is 4.38. The van der Waals surface area contributed by atoms with Crippen LogP contribution >= 0.6 is 0 Å². The third-order valence-electron chi connectivity index (χ3n) is 2.54. The molecule has 1 aromatic carbocycles. The number of hydrogen-bond acceptors (Lipinski definition) is 3. The van der Waals surface area contributed by atoms with Crippen LogP contribution in [0, 0.1) is 11.3 Å². The van der Waals surface area contributed by atoms with Crippen LogP contribution in [0.1, 0.15) is 11.1 Å². The molecule has 0 radical (unpaired) electrons. The summed E-state index contributed by atoms with van der Waals surface area (Å²) in [5.41, 5.74) is -2.48. The van der Waals surface area contributed by atoms with Gasteiger partial charge in [-0.2, -0.15) is 31.6 Å². The molecule has 0 aliphatic heterocycles. The second kappa shape index (κ2) is 6.17. The van der Waals surface area contributed by atoms with Gasteiger partial charge in [-0.1, -0.05) is 6.58 Å². The van der Waals surface area contributed by atoms with Crippen molar-refractivity contribution < 1.29 is 31.4 Å².